The van der Waals surface area contributed by atoms with Crippen molar-refractivity contribution in [2.24, 2.45) is 5.73 Å². The highest BCUT2D eigenvalue weighted by atomic mass is 32.2. The minimum atomic E-state index is -3.12. The molecule has 1 heterocycles. The lowest BCUT2D eigenvalue weighted by atomic mass is 10.5. The highest BCUT2D eigenvalue weighted by molar-refractivity contribution is 7.89. The van der Waals surface area contributed by atoms with Gasteiger partial charge in [0.05, 0.1) is 13.2 Å². The van der Waals surface area contributed by atoms with Crippen LogP contribution in [0.2, 0.25) is 0 Å². The van der Waals surface area contributed by atoms with Crippen LogP contribution >= 0.6 is 0 Å². The van der Waals surface area contributed by atoms with Gasteiger partial charge in [0.25, 0.3) is 0 Å². The van der Waals surface area contributed by atoms with Crippen LogP contribution in [0.25, 0.3) is 0 Å². The SMILES string of the molecule is COCCn1c(CN)nnc1CS(C)(=O)=O. The molecule has 1 rings (SSSR count). The summed E-state index contributed by atoms with van der Waals surface area (Å²) in [6.45, 7) is 1.18. The molecule has 1 aromatic heterocycles. The quantitative estimate of drug-likeness (QED) is 0.688. The summed E-state index contributed by atoms with van der Waals surface area (Å²) in [5.74, 6) is 0.833. The number of nitrogens with two attached hydrogens (primary N) is 1. The van der Waals surface area contributed by atoms with Gasteiger partial charge in [-0.3, -0.25) is 0 Å². The topological polar surface area (TPSA) is 100 Å². The fourth-order valence-corrected chi connectivity index (χ4v) is 1.99. The average molecular weight is 248 g/mol. The van der Waals surface area contributed by atoms with Crippen molar-refractivity contribution in [1.82, 2.24) is 14.8 Å². The molecule has 8 heteroatoms. The number of ether oxygens (including phenoxy) is 1. The zero-order valence-electron chi connectivity index (χ0n) is 9.38. The summed E-state index contributed by atoms with van der Waals surface area (Å²) in [6.07, 6.45) is 1.16. The number of aromatic nitrogens is 3. The Morgan fingerprint density at radius 1 is 1.38 bits per heavy atom. The Hall–Kier alpha value is -0.990. The molecule has 0 bridgehead atoms. The molecule has 0 spiro atoms. The van der Waals surface area contributed by atoms with Crippen LogP contribution < -0.4 is 5.73 Å². The van der Waals surface area contributed by atoms with E-state index < -0.39 is 9.84 Å². The third-order valence-electron chi connectivity index (χ3n) is 2.00. The van der Waals surface area contributed by atoms with Gasteiger partial charge in [0.2, 0.25) is 0 Å². The Kier molecular flexibility index (Phi) is 4.39. The van der Waals surface area contributed by atoms with Gasteiger partial charge in [-0.25, -0.2) is 8.42 Å². The third-order valence-corrected chi connectivity index (χ3v) is 2.78. The van der Waals surface area contributed by atoms with Crippen molar-refractivity contribution < 1.29 is 13.2 Å². The van der Waals surface area contributed by atoms with Crippen LogP contribution in [0, 0.1) is 0 Å². The van der Waals surface area contributed by atoms with Crippen LogP contribution in [-0.4, -0.2) is 43.2 Å². The maximum atomic E-state index is 11.2. The van der Waals surface area contributed by atoms with Crippen molar-refractivity contribution >= 4 is 9.84 Å². The van der Waals surface area contributed by atoms with Crippen LogP contribution in [0.3, 0.4) is 0 Å². The highest BCUT2D eigenvalue weighted by Crippen LogP contribution is 2.05. The molecule has 2 N–H and O–H groups in total. The normalized spacial score (nSPS) is 11.9. The fourth-order valence-electron chi connectivity index (χ4n) is 1.31. The number of hydrogen-bond donors (Lipinski definition) is 1. The Bertz CT molecular complexity index is 440. The van der Waals surface area contributed by atoms with Crippen molar-refractivity contribution in [1.29, 1.82) is 0 Å². The summed E-state index contributed by atoms with van der Waals surface area (Å²) in [5, 5.41) is 7.66. The lowest BCUT2D eigenvalue weighted by Gasteiger charge is -2.07. The van der Waals surface area contributed by atoms with Gasteiger partial charge in [0, 0.05) is 19.9 Å². The summed E-state index contributed by atoms with van der Waals surface area (Å²) in [5.41, 5.74) is 5.49. The van der Waals surface area contributed by atoms with E-state index in [9.17, 15) is 8.42 Å². The maximum Gasteiger partial charge on any atom is 0.154 e. The van der Waals surface area contributed by atoms with E-state index in [1.807, 2.05) is 0 Å². The molecule has 0 atom stereocenters. The van der Waals surface area contributed by atoms with E-state index in [-0.39, 0.29) is 12.3 Å². The van der Waals surface area contributed by atoms with Gasteiger partial charge in [-0.15, -0.1) is 10.2 Å². The Morgan fingerprint density at radius 3 is 2.50 bits per heavy atom. The first-order valence-corrected chi connectivity index (χ1v) is 6.81. The largest absolute Gasteiger partial charge is 0.383 e. The molecule has 0 radical (unpaired) electrons. The predicted octanol–water partition coefficient (Wildman–Crippen LogP) is -1.07. The minimum Gasteiger partial charge on any atom is -0.383 e. The summed E-state index contributed by atoms with van der Waals surface area (Å²) in [4.78, 5) is 0. The number of methoxy groups -OCH3 is 1. The third kappa shape index (κ3) is 3.54. The van der Waals surface area contributed by atoms with Gasteiger partial charge < -0.3 is 15.0 Å². The number of nitrogens with zero attached hydrogens (tertiary/aromatic N) is 3. The van der Waals surface area contributed by atoms with Crippen LogP contribution in [0.15, 0.2) is 0 Å². The first-order valence-electron chi connectivity index (χ1n) is 4.75. The zero-order chi connectivity index (χ0) is 12.2. The maximum absolute atomic E-state index is 11.2. The number of hydrogen-bond acceptors (Lipinski definition) is 6. The standard InChI is InChI=1S/C8H16N4O3S/c1-15-4-3-12-7(5-9)10-11-8(12)6-16(2,13)14/h3-6,9H2,1-2H3. The first-order chi connectivity index (χ1) is 7.48. The van der Waals surface area contributed by atoms with Crippen molar-refractivity contribution in [2.45, 2.75) is 18.8 Å². The van der Waals surface area contributed by atoms with E-state index in [1.165, 1.54) is 0 Å². The van der Waals surface area contributed by atoms with Gasteiger partial charge in [-0.05, 0) is 0 Å². The molecule has 0 unspecified atom stereocenters. The van der Waals surface area contributed by atoms with Gasteiger partial charge in [0.15, 0.2) is 9.84 Å². The lowest BCUT2D eigenvalue weighted by Crippen LogP contribution is -2.16. The molecule has 0 aliphatic carbocycles. The minimum absolute atomic E-state index is 0.135. The molecule has 0 aromatic carbocycles. The molecule has 0 aliphatic rings. The van der Waals surface area contributed by atoms with Crippen LogP contribution in [0.1, 0.15) is 11.6 Å². The smallest absolute Gasteiger partial charge is 0.154 e. The lowest BCUT2D eigenvalue weighted by molar-refractivity contribution is 0.185. The van der Waals surface area contributed by atoms with E-state index in [4.69, 9.17) is 10.5 Å². The molecular formula is C8H16N4O3S. The summed E-state index contributed by atoms with van der Waals surface area (Å²) in [7, 11) is -1.55. The summed E-state index contributed by atoms with van der Waals surface area (Å²) >= 11 is 0. The monoisotopic (exact) mass is 248 g/mol. The van der Waals surface area contributed by atoms with Crippen molar-refractivity contribution in [3.8, 4) is 0 Å². The van der Waals surface area contributed by atoms with Gasteiger partial charge in [-0.2, -0.15) is 0 Å². The van der Waals surface area contributed by atoms with Crippen LogP contribution in [0.5, 0.6) is 0 Å². The van der Waals surface area contributed by atoms with Gasteiger partial charge in [0.1, 0.15) is 17.4 Å². The van der Waals surface area contributed by atoms with E-state index in [0.29, 0.717) is 24.8 Å². The van der Waals surface area contributed by atoms with E-state index in [1.54, 1.807) is 11.7 Å². The molecule has 7 nitrogen and oxygen atoms in total. The number of sulfone groups is 1. The van der Waals surface area contributed by atoms with Crippen LogP contribution in [-0.2, 0) is 33.4 Å². The molecule has 16 heavy (non-hydrogen) atoms. The second-order valence-electron chi connectivity index (χ2n) is 3.45. The van der Waals surface area contributed by atoms with E-state index in [2.05, 4.69) is 10.2 Å². The molecule has 0 saturated heterocycles. The molecule has 92 valence electrons. The van der Waals surface area contributed by atoms with Crippen molar-refractivity contribution in [3.63, 3.8) is 0 Å². The molecular weight excluding hydrogens is 232 g/mol. The van der Waals surface area contributed by atoms with Crippen molar-refractivity contribution in [2.75, 3.05) is 20.0 Å². The van der Waals surface area contributed by atoms with Gasteiger partial charge >= 0.3 is 0 Å². The second-order valence-corrected chi connectivity index (χ2v) is 5.59. The Balaban J connectivity index is 2.95. The van der Waals surface area contributed by atoms with E-state index >= 15 is 0 Å². The summed E-state index contributed by atoms with van der Waals surface area (Å²) in [6, 6.07) is 0. The van der Waals surface area contributed by atoms with Gasteiger partial charge in [-0.1, -0.05) is 0 Å². The Morgan fingerprint density at radius 2 is 2.00 bits per heavy atom. The predicted molar refractivity (Wildman–Crippen MR) is 58.3 cm³/mol. The molecule has 1 aromatic rings. The average Bonchev–Trinajstić information content (AvgIpc) is 2.55. The molecule has 0 fully saturated rings. The molecule has 0 saturated carbocycles. The Labute approximate surface area is 94.5 Å². The zero-order valence-corrected chi connectivity index (χ0v) is 10.2. The van der Waals surface area contributed by atoms with Crippen molar-refractivity contribution in [3.05, 3.63) is 11.6 Å². The van der Waals surface area contributed by atoms with Crippen LogP contribution in [0.4, 0.5) is 0 Å². The molecule has 0 aliphatic heterocycles. The second kappa shape index (κ2) is 5.37. The first kappa shape index (κ1) is 13.1. The fraction of sp³-hybridized carbons (Fsp3) is 0.750. The number of rotatable bonds is 6. The molecule has 0 amide bonds. The summed E-state index contributed by atoms with van der Waals surface area (Å²) < 4.78 is 29.0. The highest BCUT2D eigenvalue weighted by Gasteiger charge is 2.15. The van der Waals surface area contributed by atoms with E-state index in [0.717, 1.165) is 6.26 Å².